The number of hydrogen-bond donors (Lipinski definition) is 3. The molecule has 1 heterocycles. The van der Waals surface area contributed by atoms with Crippen molar-refractivity contribution in [2.24, 2.45) is 0 Å². The number of anilines is 3. The zero-order valence-electron chi connectivity index (χ0n) is 20.4. The Morgan fingerprint density at radius 1 is 1.05 bits per heavy atom. The zero-order chi connectivity index (χ0) is 27.6. The molecular formula is C25H24F4N4O4S. The Morgan fingerprint density at radius 2 is 1.79 bits per heavy atom. The van der Waals surface area contributed by atoms with Crippen LogP contribution < -0.4 is 15.5 Å². The van der Waals surface area contributed by atoms with Crippen molar-refractivity contribution in [1.29, 1.82) is 0 Å². The van der Waals surface area contributed by atoms with E-state index in [-0.39, 0.29) is 22.9 Å². The topological polar surface area (TPSA) is 109 Å². The lowest BCUT2D eigenvalue weighted by Crippen LogP contribution is -2.24. The largest absolute Gasteiger partial charge is 0.350 e. The number of carbonyl (C=O) groups is 1. The number of aromatic nitrogens is 1. The van der Waals surface area contributed by atoms with Gasteiger partial charge in [-0.2, -0.15) is 0 Å². The number of hydroxylamine groups is 1. The molecule has 0 radical (unpaired) electrons. The lowest BCUT2D eigenvalue weighted by molar-refractivity contribution is 0.0538. The Balaban J connectivity index is 1.72. The highest BCUT2D eigenvalue weighted by atomic mass is 32.2. The first-order valence-corrected chi connectivity index (χ1v) is 13.2. The first kappa shape index (κ1) is 27.3. The highest BCUT2D eigenvalue weighted by molar-refractivity contribution is 7.92. The van der Waals surface area contributed by atoms with E-state index in [2.05, 4.69) is 15.1 Å². The molecule has 0 unspecified atom stereocenters. The van der Waals surface area contributed by atoms with Gasteiger partial charge in [-0.25, -0.2) is 36.4 Å². The molecule has 1 fully saturated rings. The minimum atomic E-state index is -3.86. The molecule has 13 heteroatoms. The van der Waals surface area contributed by atoms with E-state index in [0.717, 1.165) is 43.8 Å². The second-order valence-electron chi connectivity index (χ2n) is 8.68. The van der Waals surface area contributed by atoms with Crippen LogP contribution in [0.5, 0.6) is 0 Å². The summed E-state index contributed by atoms with van der Waals surface area (Å²) in [4.78, 5) is 20.9. The molecule has 2 aromatic carbocycles. The zero-order valence-corrected chi connectivity index (χ0v) is 21.2. The summed E-state index contributed by atoms with van der Waals surface area (Å²) in [5, 5.41) is 2.45. The smallest absolute Gasteiger partial charge is 0.277 e. The van der Waals surface area contributed by atoms with Crippen molar-refractivity contribution in [1.82, 2.24) is 10.5 Å². The number of benzene rings is 2. The molecule has 38 heavy (non-hydrogen) atoms. The molecule has 1 amide bonds. The Morgan fingerprint density at radius 3 is 2.42 bits per heavy atom. The Bertz CT molecular complexity index is 1500. The molecule has 0 aliphatic heterocycles. The van der Waals surface area contributed by atoms with Gasteiger partial charge in [0, 0.05) is 12.6 Å². The van der Waals surface area contributed by atoms with Crippen molar-refractivity contribution in [2.45, 2.75) is 32.1 Å². The van der Waals surface area contributed by atoms with Crippen molar-refractivity contribution in [3.05, 3.63) is 82.1 Å². The predicted octanol–water partition coefficient (Wildman–Crippen LogP) is 4.90. The summed E-state index contributed by atoms with van der Waals surface area (Å²) in [7, 11) is -2.73. The number of amides is 1. The molecule has 1 aromatic heterocycles. The molecule has 3 aromatic rings. The van der Waals surface area contributed by atoms with Crippen molar-refractivity contribution < 1.29 is 35.6 Å². The number of rotatable bonds is 10. The van der Waals surface area contributed by atoms with E-state index in [0.29, 0.717) is 0 Å². The van der Waals surface area contributed by atoms with Gasteiger partial charge in [-0.15, -0.1) is 0 Å². The first-order chi connectivity index (χ1) is 18.0. The van der Waals surface area contributed by atoms with Crippen LogP contribution in [0.4, 0.5) is 34.8 Å². The number of nitrogens with zero attached hydrogens (tertiary/aromatic N) is 1. The van der Waals surface area contributed by atoms with Crippen LogP contribution in [0.3, 0.4) is 0 Å². The van der Waals surface area contributed by atoms with Gasteiger partial charge in [-0.1, -0.05) is 6.07 Å². The van der Waals surface area contributed by atoms with Crippen molar-refractivity contribution >= 4 is 33.1 Å². The van der Waals surface area contributed by atoms with E-state index >= 15 is 8.78 Å². The van der Waals surface area contributed by atoms with Gasteiger partial charge in [0.25, 0.3) is 5.91 Å². The molecule has 202 valence electrons. The van der Waals surface area contributed by atoms with E-state index in [1.54, 1.807) is 6.07 Å². The molecule has 1 aliphatic carbocycles. The van der Waals surface area contributed by atoms with Gasteiger partial charge in [0.1, 0.15) is 5.82 Å². The lowest BCUT2D eigenvalue weighted by Gasteiger charge is -2.17. The normalized spacial score (nSPS) is 13.3. The standard InChI is InChI=1S/C25H24F4N4O4S/c1-3-38(35,36)33-24-21(28)15(8-9-30-24)10-16-11-17(25(34)32-37-2)23(22(29)20(16)27)31-19-7-6-14(12-18(19)26)13-4-5-13/h6-9,11-13,31H,3-5,10H2,1-2H3,(H,30,33)(H,32,34). The molecule has 3 N–H and O–H groups in total. The van der Waals surface area contributed by atoms with E-state index in [1.807, 2.05) is 10.2 Å². The number of pyridine rings is 1. The van der Waals surface area contributed by atoms with Crippen LogP contribution in [-0.4, -0.2) is 32.2 Å². The number of carbonyl (C=O) groups excluding carboxylic acids is 1. The SMILES string of the molecule is CCS(=O)(=O)Nc1nccc(Cc2cc(C(=O)NOC)c(Nc3ccc(C4CC4)cc3F)c(F)c2F)c1F. The average molecular weight is 553 g/mol. The summed E-state index contributed by atoms with van der Waals surface area (Å²) in [6.45, 7) is 1.35. The van der Waals surface area contributed by atoms with Crippen molar-refractivity contribution in [3.8, 4) is 0 Å². The fourth-order valence-corrected chi connectivity index (χ4v) is 4.39. The van der Waals surface area contributed by atoms with Gasteiger partial charge in [0.05, 0.1) is 29.8 Å². The van der Waals surface area contributed by atoms with Crippen LogP contribution in [0, 0.1) is 23.3 Å². The molecule has 0 bridgehead atoms. The number of halogens is 4. The monoisotopic (exact) mass is 552 g/mol. The van der Waals surface area contributed by atoms with Crippen LogP contribution in [0.15, 0.2) is 36.5 Å². The second kappa shape index (κ2) is 11.0. The molecule has 8 nitrogen and oxygen atoms in total. The third-order valence-corrected chi connectivity index (χ3v) is 7.27. The predicted molar refractivity (Wildman–Crippen MR) is 133 cm³/mol. The minimum absolute atomic E-state index is 0.181. The molecular weight excluding hydrogens is 528 g/mol. The third-order valence-electron chi connectivity index (χ3n) is 6.01. The van der Waals surface area contributed by atoms with Gasteiger partial charge in [0.15, 0.2) is 23.3 Å². The summed E-state index contributed by atoms with van der Waals surface area (Å²) < 4.78 is 85.9. The molecule has 1 aliphatic rings. The Kier molecular flexibility index (Phi) is 7.88. The van der Waals surface area contributed by atoms with Crippen LogP contribution >= 0.6 is 0 Å². The fourth-order valence-electron chi connectivity index (χ4n) is 3.81. The maximum atomic E-state index is 15.3. The van der Waals surface area contributed by atoms with Crippen molar-refractivity contribution in [2.75, 3.05) is 22.9 Å². The van der Waals surface area contributed by atoms with Gasteiger partial charge < -0.3 is 5.32 Å². The second-order valence-corrected chi connectivity index (χ2v) is 10.7. The number of sulfonamides is 1. The maximum absolute atomic E-state index is 15.3. The molecule has 4 rings (SSSR count). The first-order valence-electron chi connectivity index (χ1n) is 11.6. The average Bonchev–Trinajstić information content (AvgIpc) is 3.72. The molecule has 0 spiro atoms. The maximum Gasteiger partial charge on any atom is 0.277 e. The van der Waals surface area contributed by atoms with Gasteiger partial charge >= 0.3 is 0 Å². The molecule has 0 atom stereocenters. The lowest BCUT2D eigenvalue weighted by atomic mass is 9.99. The summed E-state index contributed by atoms with van der Waals surface area (Å²) in [6.07, 6.45) is 2.43. The third kappa shape index (κ3) is 5.89. The Labute approximate surface area is 216 Å². The van der Waals surface area contributed by atoms with Crippen LogP contribution in [-0.2, 0) is 21.3 Å². The van der Waals surface area contributed by atoms with E-state index in [9.17, 15) is 22.0 Å². The van der Waals surface area contributed by atoms with Gasteiger partial charge in [-0.3, -0.25) is 14.4 Å². The van der Waals surface area contributed by atoms with Crippen LogP contribution in [0.1, 0.15) is 52.7 Å². The minimum Gasteiger partial charge on any atom is -0.350 e. The van der Waals surface area contributed by atoms with Crippen molar-refractivity contribution in [3.63, 3.8) is 0 Å². The van der Waals surface area contributed by atoms with E-state index in [1.165, 1.54) is 19.1 Å². The quantitative estimate of drug-likeness (QED) is 0.244. The summed E-state index contributed by atoms with van der Waals surface area (Å²) in [5.41, 5.74) is 0.884. The van der Waals surface area contributed by atoms with Crippen LogP contribution in [0.25, 0.3) is 0 Å². The number of hydrogen-bond acceptors (Lipinski definition) is 6. The highest BCUT2D eigenvalue weighted by Crippen LogP contribution is 2.41. The summed E-state index contributed by atoms with van der Waals surface area (Å²) in [6, 6.07) is 6.47. The highest BCUT2D eigenvalue weighted by Gasteiger charge is 2.27. The van der Waals surface area contributed by atoms with Crippen LogP contribution in [0.2, 0.25) is 0 Å². The van der Waals surface area contributed by atoms with E-state index in [4.69, 9.17) is 0 Å². The molecule has 0 saturated heterocycles. The van der Waals surface area contributed by atoms with Gasteiger partial charge in [0.2, 0.25) is 10.0 Å². The number of nitrogens with one attached hydrogen (secondary N) is 3. The van der Waals surface area contributed by atoms with E-state index < -0.39 is 68.3 Å². The summed E-state index contributed by atoms with van der Waals surface area (Å²) in [5.74, 6) is -6.37. The summed E-state index contributed by atoms with van der Waals surface area (Å²) >= 11 is 0. The molecule has 1 saturated carbocycles. The Hall–Kier alpha value is -3.71. The van der Waals surface area contributed by atoms with Gasteiger partial charge in [-0.05, 0) is 66.6 Å². The fraction of sp³-hybridized carbons (Fsp3) is 0.280.